The van der Waals surface area contributed by atoms with E-state index >= 15 is 0 Å². The van der Waals surface area contributed by atoms with Crippen molar-refractivity contribution in [2.75, 3.05) is 18.4 Å². The zero-order valence-electron chi connectivity index (χ0n) is 12.4. The van der Waals surface area contributed by atoms with E-state index in [0.717, 1.165) is 12.1 Å². The highest BCUT2D eigenvalue weighted by atomic mass is 19.4. The van der Waals surface area contributed by atoms with Gasteiger partial charge >= 0.3 is 24.4 Å². The van der Waals surface area contributed by atoms with Crippen LogP contribution in [0, 0.1) is 11.8 Å². The second-order valence-corrected chi connectivity index (χ2v) is 5.47. The van der Waals surface area contributed by atoms with Gasteiger partial charge in [0.2, 0.25) is 0 Å². The van der Waals surface area contributed by atoms with Crippen LogP contribution in [0.1, 0.15) is 5.56 Å². The Hall–Kier alpha value is -2.46. The fourth-order valence-electron chi connectivity index (χ4n) is 2.59. The van der Waals surface area contributed by atoms with Crippen molar-refractivity contribution >= 4 is 17.7 Å². The van der Waals surface area contributed by atoms with Gasteiger partial charge in [0.1, 0.15) is 0 Å². The summed E-state index contributed by atoms with van der Waals surface area (Å²) in [6, 6.07) is 2.74. The van der Waals surface area contributed by atoms with Gasteiger partial charge in [-0.05, 0) is 12.1 Å². The minimum atomic E-state index is -4.85. The smallest absolute Gasteiger partial charge is 0.418 e. The van der Waals surface area contributed by atoms with Crippen LogP contribution >= 0.6 is 0 Å². The second-order valence-electron chi connectivity index (χ2n) is 5.47. The first-order valence-corrected chi connectivity index (χ1v) is 6.93. The number of halogens is 6. The summed E-state index contributed by atoms with van der Waals surface area (Å²) in [6.07, 6.45) is -9.62. The molecule has 1 saturated heterocycles. The standard InChI is InChI=1S/C14H12F6N2O3/c15-13(16,17)8-3-1-2-4-10(8)21-12(25)22-5-7(11(23)24)9(6-22)14(18,19)20/h1-4,7,9H,5-6H2,(H,21,25)(H,23,24)/t7-,9-/m1/s1. The van der Waals surface area contributed by atoms with Gasteiger partial charge in [-0.3, -0.25) is 4.79 Å². The quantitative estimate of drug-likeness (QED) is 0.784. The SMILES string of the molecule is O=C(O)[C@@H]1CN(C(=O)Nc2ccccc2C(F)(F)F)C[C@H]1C(F)(F)F. The fourth-order valence-corrected chi connectivity index (χ4v) is 2.59. The molecule has 0 radical (unpaired) electrons. The van der Waals surface area contributed by atoms with Crippen LogP contribution in [-0.4, -0.2) is 41.3 Å². The summed E-state index contributed by atoms with van der Waals surface area (Å²) in [7, 11) is 0. The van der Waals surface area contributed by atoms with Gasteiger partial charge in [0.25, 0.3) is 0 Å². The number of anilines is 1. The molecular weight excluding hydrogens is 358 g/mol. The normalized spacial score (nSPS) is 21.3. The molecule has 2 N–H and O–H groups in total. The van der Waals surface area contributed by atoms with E-state index in [4.69, 9.17) is 5.11 Å². The van der Waals surface area contributed by atoms with Gasteiger partial charge in [-0.2, -0.15) is 26.3 Å². The van der Waals surface area contributed by atoms with Gasteiger partial charge in [-0.15, -0.1) is 0 Å². The van der Waals surface area contributed by atoms with E-state index in [1.807, 2.05) is 5.32 Å². The summed E-state index contributed by atoms with van der Waals surface area (Å²) < 4.78 is 77.3. The van der Waals surface area contributed by atoms with Crippen LogP contribution in [0.25, 0.3) is 0 Å². The number of carbonyl (C=O) groups is 2. The minimum absolute atomic E-state index is 0.546. The van der Waals surface area contributed by atoms with Crippen LogP contribution in [-0.2, 0) is 11.0 Å². The lowest BCUT2D eigenvalue weighted by molar-refractivity contribution is -0.187. The van der Waals surface area contributed by atoms with Gasteiger partial charge in [0.15, 0.2) is 0 Å². The Balaban J connectivity index is 2.19. The molecule has 1 aliphatic rings. The number of carboxylic acid groups (broad SMARTS) is 1. The van der Waals surface area contributed by atoms with Gasteiger partial charge in [0.05, 0.1) is 23.1 Å². The largest absolute Gasteiger partial charge is 0.481 e. The summed E-state index contributed by atoms with van der Waals surface area (Å²) >= 11 is 0. The number of urea groups is 1. The lowest BCUT2D eigenvalue weighted by Gasteiger charge is -2.20. The topological polar surface area (TPSA) is 69.6 Å². The number of nitrogens with zero attached hydrogens (tertiary/aromatic N) is 1. The average molecular weight is 370 g/mol. The van der Waals surface area contributed by atoms with Crippen LogP contribution in [0.15, 0.2) is 24.3 Å². The van der Waals surface area contributed by atoms with E-state index in [-0.39, 0.29) is 0 Å². The van der Waals surface area contributed by atoms with Crippen molar-refractivity contribution in [1.29, 1.82) is 0 Å². The molecule has 0 spiro atoms. The average Bonchev–Trinajstić information content (AvgIpc) is 2.92. The highest BCUT2D eigenvalue weighted by Gasteiger charge is 2.53. The Morgan fingerprint density at radius 3 is 2.16 bits per heavy atom. The number of alkyl halides is 6. The number of benzene rings is 1. The Morgan fingerprint density at radius 1 is 1.08 bits per heavy atom. The number of para-hydroxylation sites is 1. The second kappa shape index (κ2) is 6.45. The molecule has 0 saturated carbocycles. The molecule has 2 atom stereocenters. The molecule has 1 aromatic carbocycles. The highest BCUT2D eigenvalue weighted by Crippen LogP contribution is 2.38. The first-order chi connectivity index (χ1) is 11.4. The zero-order chi connectivity index (χ0) is 19.0. The van der Waals surface area contributed by atoms with Crippen molar-refractivity contribution in [3.63, 3.8) is 0 Å². The number of rotatable bonds is 2. The zero-order valence-corrected chi connectivity index (χ0v) is 12.4. The molecule has 138 valence electrons. The van der Waals surface area contributed by atoms with Gasteiger partial charge < -0.3 is 15.3 Å². The maximum absolute atomic E-state index is 12.9. The molecule has 25 heavy (non-hydrogen) atoms. The molecule has 0 bridgehead atoms. The fraction of sp³-hybridized carbons (Fsp3) is 0.429. The molecule has 11 heteroatoms. The molecule has 2 amide bonds. The third-order valence-electron chi connectivity index (χ3n) is 3.82. The minimum Gasteiger partial charge on any atom is -0.481 e. The maximum atomic E-state index is 12.9. The van der Waals surface area contributed by atoms with E-state index in [2.05, 4.69) is 0 Å². The lowest BCUT2D eigenvalue weighted by Crippen LogP contribution is -2.35. The first-order valence-electron chi connectivity index (χ1n) is 6.93. The number of aliphatic carboxylic acids is 1. The van der Waals surface area contributed by atoms with Gasteiger partial charge in [-0.25, -0.2) is 4.79 Å². The Morgan fingerprint density at radius 2 is 1.68 bits per heavy atom. The predicted octanol–water partition coefficient (Wildman–Crippen LogP) is 3.43. The summed E-state index contributed by atoms with van der Waals surface area (Å²) in [5, 5.41) is 10.8. The number of amides is 2. The number of carboxylic acids is 1. The predicted molar refractivity (Wildman–Crippen MR) is 72.7 cm³/mol. The van der Waals surface area contributed by atoms with Crippen LogP contribution in [0.5, 0.6) is 0 Å². The molecule has 1 aromatic rings. The van der Waals surface area contributed by atoms with Crippen molar-refractivity contribution in [1.82, 2.24) is 4.90 Å². The van der Waals surface area contributed by atoms with Crippen LogP contribution < -0.4 is 5.32 Å². The molecule has 0 aliphatic carbocycles. The summed E-state index contributed by atoms with van der Waals surface area (Å²) in [5.74, 6) is -5.88. The van der Waals surface area contributed by atoms with Crippen molar-refractivity contribution in [3.8, 4) is 0 Å². The summed E-state index contributed by atoms with van der Waals surface area (Å²) in [6.45, 7) is -1.69. The van der Waals surface area contributed by atoms with Crippen LogP contribution in [0.4, 0.5) is 36.8 Å². The third kappa shape index (κ3) is 4.15. The molecule has 0 unspecified atom stereocenters. The Kier molecular flexibility index (Phi) is 4.87. The van der Waals surface area contributed by atoms with E-state index in [9.17, 15) is 35.9 Å². The van der Waals surface area contributed by atoms with Crippen molar-refractivity contribution in [3.05, 3.63) is 29.8 Å². The molecule has 1 heterocycles. The summed E-state index contributed by atoms with van der Waals surface area (Å²) in [4.78, 5) is 23.5. The number of carbonyl (C=O) groups excluding carboxylic acids is 1. The highest BCUT2D eigenvalue weighted by molar-refractivity contribution is 5.91. The summed E-state index contributed by atoms with van der Waals surface area (Å²) in [5.41, 5.74) is -1.79. The van der Waals surface area contributed by atoms with Crippen LogP contribution in [0.3, 0.4) is 0 Å². The van der Waals surface area contributed by atoms with Crippen molar-refractivity contribution in [2.24, 2.45) is 11.8 Å². The molecule has 5 nitrogen and oxygen atoms in total. The molecule has 1 fully saturated rings. The number of hydrogen-bond acceptors (Lipinski definition) is 2. The molecule has 1 aliphatic heterocycles. The van der Waals surface area contributed by atoms with Crippen LogP contribution in [0.2, 0.25) is 0 Å². The number of likely N-dealkylation sites (tertiary alicyclic amines) is 1. The third-order valence-corrected chi connectivity index (χ3v) is 3.82. The van der Waals surface area contributed by atoms with E-state index < -0.39 is 60.5 Å². The van der Waals surface area contributed by atoms with Crippen molar-refractivity contribution in [2.45, 2.75) is 12.4 Å². The van der Waals surface area contributed by atoms with E-state index in [1.54, 1.807) is 0 Å². The van der Waals surface area contributed by atoms with E-state index in [1.165, 1.54) is 6.07 Å². The number of nitrogens with one attached hydrogen (secondary N) is 1. The van der Waals surface area contributed by atoms with Gasteiger partial charge in [0, 0.05) is 13.1 Å². The monoisotopic (exact) mass is 370 g/mol. The molecular formula is C14H12F6N2O3. The van der Waals surface area contributed by atoms with E-state index in [0.29, 0.717) is 11.0 Å². The number of hydrogen-bond donors (Lipinski definition) is 2. The van der Waals surface area contributed by atoms with Gasteiger partial charge in [-0.1, -0.05) is 12.1 Å². The Labute approximate surface area is 137 Å². The maximum Gasteiger partial charge on any atom is 0.418 e. The molecule has 2 rings (SSSR count). The lowest BCUT2D eigenvalue weighted by atomic mass is 9.96. The first kappa shape index (κ1) is 18.9. The Bertz CT molecular complexity index is 673. The molecule has 0 aromatic heterocycles. The van der Waals surface area contributed by atoms with Crippen molar-refractivity contribution < 1.29 is 41.0 Å².